The number of rotatable bonds is 6. The topological polar surface area (TPSA) is 140 Å². The molecule has 1 fully saturated rings. The molecule has 2 N–H and O–H groups in total. The Morgan fingerprint density at radius 1 is 1.24 bits per heavy atom. The van der Waals surface area contributed by atoms with Crippen LogP contribution in [0.25, 0.3) is 16.7 Å². The van der Waals surface area contributed by atoms with Crippen molar-refractivity contribution >= 4 is 22.6 Å². The van der Waals surface area contributed by atoms with Gasteiger partial charge in [0, 0.05) is 23.8 Å². The van der Waals surface area contributed by atoms with Crippen LogP contribution in [-0.2, 0) is 6.54 Å². The van der Waals surface area contributed by atoms with Crippen molar-refractivity contribution < 1.29 is 4.79 Å². The Hall–Kier alpha value is -4.15. The first-order chi connectivity index (χ1) is 16.3. The monoisotopic (exact) mass is 460 g/mol. The molecule has 1 aromatic carbocycles. The Morgan fingerprint density at radius 2 is 2.03 bits per heavy atom. The summed E-state index contributed by atoms with van der Waals surface area (Å²) in [5.74, 6) is -0.0857. The fourth-order valence-corrected chi connectivity index (χ4v) is 4.00. The summed E-state index contributed by atoms with van der Waals surface area (Å²) in [6.45, 7) is 6.23. The van der Waals surface area contributed by atoms with Gasteiger partial charge >= 0.3 is 5.69 Å². The van der Waals surface area contributed by atoms with Crippen LogP contribution in [0.5, 0.6) is 0 Å². The quantitative estimate of drug-likeness (QED) is 0.449. The molecule has 4 aromatic rings. The van der Waals surface area contributed by atoms with Gasteiger partial charge in [0.1, 0.15) is 6.33 Å². The molecule has 0 saturated heterocycles. The van der Waals surface area contributed by atoms with Gasteiger partial charge in [0.05, 0.1) is 16.6 Å². The van der Waals surface area contributed by atoms with Crippen LogP contribution < -0.4 is 16.6 Å². The van der Waals surface area contributed by atoms with E-state index in [2.05, 4.69) is 30.8 Å². The van der Waals surface area contributed by atoms with Crippen LogP contribution in [0.3, 0.4) is 0 Å². The minimum Gasteiger partial charge on any atom is -0.322 e. The average Bonchev–Trinajstić information content (AvgIpc) is 3.51. The van der Waals surface area contributed by atoms with Crippen molar-refractivity contribution in [2.45, 2.75) is 46.1 Å². The number of benzene rings is 1. The summed E-state index contributed by atoms with van der Waals surface area (Å²) in [7, 11) is 0. The number of pyridine rings is 1. The van der Waals surface area contributed by atoms with E-state index in [4.69, 9.17) is 0 Å². The van der Waals surface area contributed by atoms with Crippen LogP contribution in [0.1, 0.15) is 54.2 Å². The molecule has 5 rings (SSSR count). The molecule has 34 heavy (non-hydrogen) atoms. The third-order valence-corrected chi connectivity index (χ3v) is 5.82. The van der Waals surface area contributed by atoms with Crippen molar-refractivity contribution in [3.8, 4) is 5.69 Å². The maximum Gasteiger partial charge on any atom is 0.330 e. The molecule has 1 amide bonds. The van der Waals surface area contributed by atoms with E-state index in [1.165, 1.54) is 15.6 Å². The molecule has 0 atom stereocenters. The maximum atomic E-state index is 13.5. The van der Waals surface area contributed by atoms with E-state index in [0.29, 0.717) is 17.9 Å². The number of amides is 1. The molecule has 1 aliphatic rings. The minimum absolute atomic E-state index is 0.106. The van der Waals surface area contributed by atoms with Gasteiger partial charge in [0.15, 0.2) is 5.65 Å². The number of anilines is 1. The van der Waals surface area contributed by atoms with Crippen molar-refractivity contribution in [2.24, 2.45) is 5.92 Å². The molecule has 11 nitrogen and oxygen atoms in total. The molecule has 3 aromatic heterocycles. The average molecular weight is 460 g/mol. The van der Waals surface area contributed by atoms with Crippen LogP contribution in [0.4, 0.5) is 5.69 Å². The van der Waals surface area contributed by atoms with Crippen molar-refractivity contribution in [1.29, 1.82) is 0 Å². The number of aromatic amines is 1. The van der Waals surface area contributed by atoms with Crippen LogP contribution in [0, 0.1) is 12.8 Å². The SMILES string of the molecule is Cc1ccc(NC(=O)c2cc(C3CC3)nc3c2c(=O)[nH]c(=O)n3CC(C)C)cc1-n1cnnn1. The zero-order valence-corrected chi connectivity index (χ0v) is 19.1. The Balaban J connectivity index is 1.62. The smallest absolute Gasteiger partial charge is 0.322 e. The standard InChI is InChI=1S/C23H24N8O3/c1-12(2)10-30-20-19(22(33)27-23(30)34)16(9-17(26-20)14-5-6-14)21(32)25-15-7-4-13(3)18(8-15)31-11-24-28-29-31/h4,7-9,11-12,14H,5-6,10H2,1-3H3,(H,25,32)(H,27,33,34). The number of carbonyl (C=O) groups excluding carboxylic acids is 1. The van der Waals surface area contributed by atoms with Crippen molar-refractivity contribution in [3.63, 3.8) is 0 Å². The molecule has 11 heteroatoms. The summed E-state index contributed by atoms with van der Waals surface area (Å²) in [4.78, 5) is 45.9. The van der Waals surface area contributed by atoms with E-state index in [1.807, 2.05) is 26.8 Å². The summed E-state index contributed by atoms with van der Waals surface area (Å²) in [5, 5.41) is 14.2. The first kappa shape index (κ1) is 21.7. The first-order valence-electron chi connectivity index (χ1n) is 11.1. The molecule has 0 radical (unpaired) electrons. The fraction of sp³-hybridized carbons (Fsp3) is 0.348. The van der Waals surface area contributed by atoms with Gasteiger partial charge in [-0.15, -0.1) is 5.10 Å². The Morgan fingerprint density at radius 3 is 2.71 bits per heavy atom. The molecule has 3 heterocycles. The van der Waals surface area contributed by atoms with Gasteiger partial charge in [0.25, 0.3) is 11.5 Å². The summed E-state index contributed by atoms with van der Waals surface area (Å²) >= 11 is 0. The van der Waals surface area contributed by atoms with E-state index in [-0.39, 0.29) is 28.4 Å². The summed E-state index contributed by atoms with van der Waals surface area (Å²) in [6.07, 6.45) is 3.40. The van der Waals surface area contributed by atoms with Gasteiger partial charge < -0.3 is 5.32 Å². The molecular formula is C23H24N8O3. The van der Waals surface area contributed by atoms with Crippen LogP contribution >= 0.6 is 0 Å². The second kappa shape index (κ2) is 8.32. The molecule has 1 saturated carbocycles. The lowest BCUT2D eigenvalue weighted by molar-refractivity contribution is 0.102. The fourth-order valence-electron chi connectivity index (χ4n) is 4.00. The van der Waals surface area contributed by atoms with E-state index < -0.39 is 17.2 Å². The molecule has 0 unspecified atom stereocenters. The van der Waals surface area contributed by atoms with Crippen molar-refractivity contribution in [2.75, 3.05) is 5.32 Å². The minimum atomic E-state index is -0.627. The zero-order valence-electron chi connectivity index (χ0n) is 19.1. The van der Waals surface area contributed by atoms with Crippen LogP contribution in [0.2, 0.25) is 0 Å². The molecule has 0 bridgehead atoms. The van der Waals surface area contributed by atoms with Crippen molar-refractivity contribution in [3.05, 3.63) is 68.3 Å². The number of hydrogen-bond donors (Lipinski definition) is 2. The Bertz CT molecular complexity index is 1510. The number of fused-ring (bicyclic) bond motifs is 1. The Labute approximate surface area is 193 Å². The highest BCUT2D eigenvalue weighted by molar-refractivity contribution is 6.12. The van der Waals surface area contributed by atoms with E-state index >= 15 is 0 Å². The molecular weight excluding hydrogens is 436 g/mol. The lowest BCUT2D eigenvalue weighted by Gasteiger charge is -2.15. The third-order valence-electron chi connectivity index (χ3n) is 5.82. The predicted molar refractivity (Wildman–Crippen MR) is 125 cm³/mol. The number of tetrazole rings is 1. The molecule has 0 spiro atoms. The lowest BCUT2D eigenvalue weighted by atomic mass is 10.1. The number of nitrogens with zero attached hydrogens (tertiary/aromatic N) is 6. The summed E-state index contributed by atoms with van der Waals surface area (Å²) in [6, 6.07) is 7.05. The lowest BCUT2D eigenvalue weighted by Crippen LogP contribution is -2.33. The number of aryl methyl sites for hydroxylation is 1. The number of carbonyl (C=O) groups is 1. The van der Waals surface area contributed by atoms with Gasteiger partial charge in [-0.05, 0) is 59.9 Å². The molecule has 174 valence electrons. The highest BCUT2D eigenvalue weighted by Crippen LogP contribution is 2.40. The summed E-state index contributed by atoms with van der Waals surface area (Å²) < 4.78 is 2.96. The van der Waals surface area contributed by atoms with Crippen molar-refractivity contribution in [1.82, 2.24) is 34.7 Å². The highest BCUT2D eigenvalue weighted by Gasteiger charge is 2.29. The Kier molecular flexibility index (Phi) is 5.31. The molecule has 0 aliphatic heterocycles. The number of H-pyrrole nitrogens is 1. The van der Waals surface area contributed by atoms with Gasteiger partial charge in [0.2, 0.25) is 0 Å². The second-order valence-electron chi connectivity index (χ2n) is 9.04. The number of hydrogen-bond acceptors (Lipinski definition) is 7. The van der Waals surface area contributed by atoms with Gasteiger partial charge in [-0.25, -0.2) is 14.5 Å². The van der Waals surface area contributed by atoms with Crippen LogP contribution in [-0.4, -0.2) is 40.6 Å². The largest absolute Gasteiger partial charge is 0.330 e. The second-order valence-corrected chi connectivity index (χ2v) is 9.04. The third kappa shape index (κ3) is 4.00. The summed E-state index contributed by atoms with van der Waals surface area (Å²) in [5.41, 5.74) is 2.16. The maximum absolute atomic E-state index is 13.5. The van der Waals surface area contributed by atoms with Crippen LogP contribution in [0.15, 0.2) is 40.2 Å². The van der Waals surface area contributed by atoms with E-state index in [0.717, 1.165) is 24.1 Å². The van der Waals surface area contributed by atoms with Gasteiger partial charge in [-0.1, -0.05) is 19.9 Å². The normalized spacial score (nSPS) is 13.5. The molecule has 1 aliphatic carbocycles. The number of nitrogens with one attached hydrogen (secondary N) is 2. The predicted octanol–water partition coefficient (Wildman–Crippen LogP) is 2.15. The van der Waals surface area contributed by atoms with E-state index in [9.17, 15) is 14.4 Å². The zero-order chi connectivity index (χ0) is 24.0. The first-order valence-corrected chi connectivity index (χ1v) is 11.1. The van der Waals surface area contributed by atoms with Gasteiger partial charge in [-0.2, -0.15) is 0 Å². The van der Waals surface area contributed by atoms with E-state index in [1.54, 1.807) is 18.2 Å². The van der Waals surface area contributed by atoms with Gasteiger partial charge in [-0.3, -0.25) is 19.1 Å². The highest BCUT2D eigenvalue weighted by atomic mass is 16.2. The number of aromatic nitrogens is 7.